The van der Waals surface area contributed by atoms with Crippen LogP contribution in [0, 0.1) is 0 Å². The van der Waals surface area contributed by atoms with Crippen LogP contribution in [0.25, 0.3) is 0 Å². The molecule has 0 aromatic carbocycles. The number of ether oxygens (including phenoxy) is 3. The van der Waals surface area contributed by atoms with E-state index < -0.39 is 5.97 Å². The lowest BCUT2D eigenvalue weighted by Crippen LogP contribution is -2.11. The van der Waals surface area contributed by atoms with Crippen molar-refractivity contribution in [2.45, 2.75) is 26.3 Å². The molecular weight excluding hydrogens is 250 g/mol. The molecule has 0 spiro atoms. The second kappa shape index (κ2) is 8.60. The Morgan fingerprint density at radius 1 is 1.26 bits per heavy atom. The molecule has 0 atom stereocenters. The van der Waals surface area contributed by atoms with Crippen molar-refractivity contribution in [1.29, 1.82) is 0 Å². The number of carbonyl (C=O) groups excluding carboxylic acids is 1. The fourth-order valence-electron chi connectivity index (χ4n) is 1.68. The van der Waals surface area contributed by atoms with Crippen LogP contribution in [-0.4, -0.2) is 55.0 Å². The van der Waals surface area contributed by atoms with Gasteiger partial charge in [-0.05, 0) is 12.8 Å². The number of hydrogen-bond acceptors (Lipinski definition) is 6. The normalized spacial score (nSPS) is 10.7. The fourth-order valence-corrected chi connectivity index (χ4v) is 1.68. The lowest BCUT2D eigenvalue weighted by atomic mass is 10.2. The molecule has 0 aliphatic heterocycles. The van der Waals surface area contributed by atoms with Crippen molar-refractivity contribution in [2.24, 2.45) is 0 Å². The summed E-state index contributed by atoms with van der Waals surface area (Å²) in [6.45, 7) is 4.43. The van der Waals surface area contributed by atoms with Crippen LogP contribution in [-0.2, 0) is 27.2 Å². The summed E-state index contributed by atoms with van der Waals surface area (Å²) in [6.07, 6.45) is 1.49. The molecule has 0 amide bonds. The molecule has 0 bridgehead atoms. The van der Waals surface area contributed by atoms with Crippen LogP contribution in [0.4, 0.5) is 0 Å². The molecule has 0 fully saturated rings. The van der Waals surface area contributed by atoms with Gasteiger partial charge in [0.05, 0.1) is 26.0 Å². The minimum Gasteiger partial charge on any atom is -0.464 e. The minimum atomic E-state index is -0.445. The summed E-state index contributed by atoms with van der Waals surface area (Å²) in [5, 5.41) is 7.84. The molecule has 0 N–H and O–H groups in total. The zero-order valence-electron chi connectivity index (χ0n) is 11.7. The molecule has 19 heavy (non-hydrogen) atoms. The van der Waals surface area contributed by atoms with E-state index in [1.807, 2.05) is 6.92 Å². The molecule has 0 radical (unpaired) electrons. The summed E-state index contributed by atoms with van der Waals surface area (Å²) in [6, 6.07) is 0. The topological polar surface area (TPSA) is 75.5 Å². The third-order valence-electron chi connectivity index (χ3n) is 2.64. The highest BCUT2D eigenvalue weighted by Gasteiger charge is 2.18. The monoisotopic (exact) mass is 271 g/mol. The largest absolute Gasteiger partial charge is 0.464 e. The van der Waals surface area contributed by atoms with Gasteiger partial charge in [0.2, 0.25) is 0 Å². The number of rotatable bonds is 9. The first-order valence-corrected chi connectivity index (χ1v) is 6.31. The Balaban J connectivity index is 2.45. The molecular formula is C12H21N3O4. The summed E-state index contributed by atoms with van der Waals surface area (Å²) < 4.78 is 16.6. The van der Waals surface area contributed by atoms with Gasteiger partial charge in [-0.15, -0.1) is 5.10 Å². The van der Waals surface area contributed by atoms with E-state index in [2.05, 4.69) is 15.0 Å². The highest BCUT2D eigenvalue weighted by atomic mass is 16.5. The second-order valence-corrected chi connectivity index (χ2v) is 3.91. The predicted molar refractivity (Wildman–Crippen MR) is 68.1 cm³/mol. The first-order valence-electron chi connectivity index (χ1n) is 6.31. The molecule has 1 rings (SSSR count). The zero-order chi connectivity index (χ0) is 14.1. The smallest absolute Gasteiger partial charge is 0.360 e. The van der Waals surface area contributed by atoms with Crippen molar-refractivity contribution in [1.82, 2.24) is 15.0 Å². The molecule has 0 aliphatic carbocycles. The Hall–Kier alpha value is -1.47. The summed E-state index contributed by atoms with van der Waals surface area (Å²) in [7, 11) is 2.98. The quantitative estimate of drug-likeness (QED) is 0.485. The van der Waals surface area contributed by atoms with E-state index in [0.29, 0.717) is 38.5 Å². The number of hydrogen-bond donors (Lipinski definition) is 0. The van der Waals surface area contributed by atoms with Crippen LogP contribution in [0.1, 0.15) is 29.5 Å². The molecule has 7 heteroatoms. The molecule has 1 aromatic rings. The van der Waals surface area contributed by atoms with Gasteiger partial charge in [0.1, 0.15) is 0 Å². The third-order valence-corrected chi connectivity index (χ3v) is 2.64. The van der Waals surface area contributed by atoms with Gasteiger partial charge in [0, 0.05) is 20.3 Å². The molecule has 1 heterocycles. The van der Waals surface area contributed by atoms with Gasteiger partial charge >= 0.3 is 5.97 Å². The number of carbonyl (C=O) groups is 1. The van der Waals surface area contributed by atoms with Crippen molar-refractivity contribution >= 4 is 5.97 Å². The zero-order valence-corrected chi connectivity index (χ0v) is 11.7. The lowest BCUT2D eigenvalue weighted by Gasteiger charge is -2.06. The molecule has 0 unspecified atom stereocenters. The van der Waals surface area contributed by atoms with Gasteiger partial charge in [-0.3, -0.25) is 0 Å². The lowest BCUT2D eigenvalue weighted by molar-refractivity contribution is 0.0592. The fraction of sp³-hybridized carbons (Fsp3) is 0.750. The third kappa shape index (κ3) is 4.60. The highest BCUT2D eigenvalue weighted by molar-refractivity contribution is 5.88. The summed E-state index contributed by atoms with van der Waals surface area (Å²) in [4.78, 5) is 11.5. The van der Waals surface area contributed by atoms with Gasteiger partial charge < -0.3 is 14.2 Å². The van der Waals surface area contributed by atoms with Crippen LogP contribution >= 0.6 is 0 Å². The van der Waals surface area contributed by atoms with Crippen molar-refractivity contribution in [3.8, 4) is 0 Å². The average Bonchev–Trinajstić information content (AvgIpc) is 2.84. The van der Waals surface area contributed by atoms with E-state index in [9.17, 15) is 4.79 Å². The van der Waals surface area contributed by atoms with Crippen LogP contribution in [0.15, 0.2) is 0 Å². The molecule has 7 nitrogen and oxygen atoms in total. The molecule has 108 valence electrons. The number of nitrogens with zero attached hydrogens (tertiary/aromatic N) is 3. The Labute approximate surface area is 112 Å². The van der Waals surface area contributed by atoms with E-state index in [0.717, 1.165) is 12.1 Å². The Bertz CT molecular complexity index is 392. The number of aryl methyl sites for hydroxylation is 1. The van der Waals surface area contributed by atoms with Crippen LogP contribution in [0.5, 0.6) is 0 Å². The van der Waals surface area contributed by atoms with Crippen molar-refractivity contribution in [3.63, 3.8) is 0 Å². The first kappa shape index (κ1) is 15.6. The van der Waals surface area contributed by atoms with Gasteiger partial charge in [-0.2, -0.15) is 0 Å². The van der Waals surface area contributed by atoms with E-state index >= 15 is 0 Å². The molecule has 0 saturated carbocycles. The molecule has 0 aliphatic rings. The highest BCUT2D eigenvalue weighted by Crippen LogP contribution is 2.08. The maximum absolute atomic E-state index is 11.5. The molecule has 1 aromatic heterocycles. The average molecular weight is 271 g/mol. The number of aromatic nitrogens is 3. The van der Waals surface area contributed by atoms with E-state index in [-0.39, 0.29) is 0 Å². The summed E-state index contributed by atoms with van der Waals surface area (Å²) in [5.74, 6) is -0.445. The number of esters is 1. The summed E-state index contributed by atoms with van der Waals surface area (Å²) in [5.41, 5.74) is 1.09. The van der Waals surface area contributed by atoms with Gasteiger partial charge in [-0.25, -0.2) is 9.48 Å². The van der Waals surface area contributed by atoms with E-state index in [4.69, 9.17) is 9.47 Å². The van der Waals surface area contributed by atoms with Crippen molar-refractivity contribution in [2.75, 3.05) is 34.0 Å². The van der Waals surface area contributed by atoms with E-state index in [1.54, 1.807) is 11.8 Å². The van der Waals surface area contributed by atoms with E-state index in [1.165, 1.54) is 7.11 Å². The maximum atomic E-state index is 11.5. The second-order valence-electron chi connectivity index (χ2n) is 3.91. The minimum absolute atomic E-state index is 0.297. The number of methoxy groups -OCH3 is 2. The summed E-state index contributed by atoms with van der Waals surface area (Å²) >= 11 is 0. The van der Waals surface area contributed by atoms with Gasteiger partial charge in [-0.1, -0.05) is 12.1 Å². The van der Waals surface area contributed by atoms with Gasteiger partial charge in [0.15, 0.2) is 5.69 Å². The van der Waals surface area contributed by atoms with Crippen molar-refractivity contribution < 1.29 is 19.0 Å². The Morgan fingerprint density at radius 3 is 2.68 bits per heavy atom. The maximum Gasteiger partial charge on any atom is 0.360 e. The Morgan fingerprint density at radius 2 is 2.05 bits per heavy atom. The first-order chi connectivity index (χ1) is 9.24. The Kier molecular flexibility index (Phi) is 7.06. The van der Waals surface area contributed by atoms with Crippen LogP contribution in [0.2, 0.25) is 0 Å². The predicted octanol–water partition coefficient (Wildman–Crippen LogP) is 0.680. The molecule has 0 saturated heterocycles. The van der Waals surface area contributed by atoms with Crippen molar-refractivity contribution in [3.05, 3.63) is 11.4 Å². The standard InChI is InChI=1S/C12H21N3O4/c1-4-10-11(12(16)18-3)13-14-15(10)6-5-7-19-9-8-17-2/h4-9H2,1-3H3. The van der Waals surface area contributed by atoms with Crippen LogP contribution < -0.4 is 0 Å². The SMILES string of the molecule is CCc1c(C(=O)OC)nnn1CCCOCCOC. The van der Waals surface area contributed by atoms with Gasteiger partial charge in [0.25, 0.3) is 0 Å². The van der Waals surface area contributed by atoms with Crippen LogP contribution in [0.3, 0.4) is 0 Å².